The van der Waals surface area contributed by atoms with Gasteiger partial charge in [0.25, 0.3) is 5.04 Å². The molecule has 0 aliphatic carbocycles. The van der Waals surface area contributed by atoms with Gasteiger partial charge in [-0.05, 0) is 35.7 Å². The minimum atomic E-state index is -3.92. The lowest BCUT2D eigenvalue weighted by molar-refractivity contribution is 0.609. The predicted molar refractivity (Wildman–Crippen MR) is 74.6 cm³/mol. The Balaban J connectivity index is 2.27. The molecule has 2 rings (SSSR count). The molecule has 0 bridgehead atoms. The van der Waals surface area contributed by atoms with Crippen molar-refractivity contribution in [2.45, 2.75) is 4.21 Å². The smallest absolute Gasteiger partial charge is 0.257 e. The van der Waals surface area contributed by atoms with Crippen LogP contribution in [0.3, 0.4) is 0 Å². The number of hydrogen-bond acceptors (Lipinski definition) is 6. The van der Waals surface area contributed by atoms with Gasteiger partial charge in [0.05, 0.1) is 5.69 Å². The van der Waals surface area contributed by atoms with Gasteiger partial charge in [-0.3, -0.25) is 5.43 Å². The quantitative estimate of drug-likeness (QED) is 0.537. The number of nitrogens with zero attached hydrogens (tertiary/aromatic N) is 2. The van der Waals surface area contributed by atoms with Gasteiger partial charge in [-0.25, -0.2) is 12.8 Å². The average Bonchev–Trinajstić information content (AvgIpc) is 2.96. The fourth-order valence-corrected chi connectivity index (χ4v) is 3.39. The Kier molecular flexibility index (Phi) is 4.12. The molecular weight excluding hydrogens is 301 g/mol. The Morgan fingerprint density at radius 1 is 1.30 bits per heavy atom. The Hall–Kier alpha value is -2.24. The normalized spacial score (nSPS) is 11.9. The first-order valence-corrected chi connectivity index (χ1v) is 7.68. The zero-order valence-electron chi connectivity index (χ0n) is 9.95. The van der Waals surface area contributed by atoms with E-state index in [0.29, 0.717) is 5.69 Å². The fraction of sp³-hybridized carbons (Fsp3) is 0. The summed E-state index contributed by atoms with van der Waals surface area (Å²) >= 11 is 1.000. The first-order chi connectivity index (χ1) is 9.54. The zero-order valence-corrected chi connectivity index (χ0v) is 11.6. The van der Waals surface area contributed by atoms with Crippen LogP contribution >= 0.6 is 11.3 Å². The summed E-state index contributed by atoms with van der Waals surface area (Å²) in [6, 6.07) is 9.65. The number of hydrazone groups is 1. The standard InChI is InChI=1S/C12H8FN3O2S2/c13-9-3-5-10(6-4-9)15-16-11(8-14)20(17,18)12-2-1-7-19-12/h1-7,15H/b16-11-. The van der Waals surface area contributed by atoms with Crippen molar-refractivity contribution in [2.75, 3.05) is 5.43 Å². The number of nitriles is 1. The minimum absolute atomic E-state index is 0.0405. The third-order valence-electron chi connectivity index (χ3n) is 2.24. The van der Waals surface area contributed by atoms with E-state index in [1.807, 2.05) is 0 Å². The number of hydrogen-bond donors (Lipinski definition) is 1. The molecule has 2 aromatic rings. The first kappa shape index (κ1) is 14.2. The molecule has 0 aliphatic heterocycles. The van der Waals surface area contributed by atoms with E-state index in [0.717, 1.165) is 11.3 Å². The van der Waals surface area contributed by atoms with Gasteiger partial charge in [0.2, 0.25) is 9.84 Å². The molecule has 1 N–H and O–H groups in total. The van der Waals surface area contributed by atoms with Crippen LogP contribution in [0, 0.1) is 17.1 Å². The summed E-state index contributed by atoms with van der Waals surface area (Å²) in [5, 5.41) is 13.4. The van der Waals surface area contributed by atoms with E-state index in [1.54, 1.807) is 17.5 Å². The molecule has 20 heavy (non-hydrogen) atoms. The number of thiophene rings is 1. The topological polar surface area (TPSA) is 82.3 Å². The van der Waals surface area contributed by atoms with E-state index in [4.69, 9.17) is 5.26 Å². The third-order valence-corrected chi connectivity index (χ3v) is 5.21. The van der Waals surface area contributed by atoms with E-state index < -0.39 is 20.7 Å². The van der Waals surface area contributed by atoms with E-state index in [-0.39, 0.29) is 4.21 Å². The van der Waals surface area contributed by atoms with Crippen LogP contribution in [-0.4, -0.2) is 13.5 Å². The molecule has 0 spiro atoms. The van der Waals surface area contributed by atoms with Gasteiger partial charge in [-0.2, -0.15) is 10.4 Å². The second-order valence-corrected chi connectivity index (χ2v) is 6.62. The maximum atomic E-state index is 12.7. The molecule has 0 unspecified atom stereocenters. The van der Waals surface area contributed by atoms with Crippen LogP contribution in [-0.2, 0) is 9.84 Å². The van der Waals surface area contributed by atoms with Crippen LogP contribution in [0.15, 0.2) is 51.1 Å². The Labute approximate surface area is 118 Å². The summed E-state index contributed by atoms with van der Waals surface area (Å²) in [6.45, 7) is 0. The van der Waals surface area contributed by atoms with Gasteiger partial charge in [0.1, 0.15) is 16.1 Å². The molecule has 0 radical (unpaired) electrons. The number of halogens is 1. The molecule has 0 atom stereocenters. The van der Waals surface area contributed by atoms with E-state index in [1.165, 1.54) is 30.3 Å². The molecule has 102 valence electrons. The maximum Gasteiger partial charge on any atom is 0.257 e. The maximum absolute atomic E-state index is 12.7. The monoisotopic (exact) mass is 309 g/mol. The van der Waals surface area contributed by atoms with Crippen molar-refractivity contribution in [3.8, 4) is 6.07 Å². The SMILES string of the molecule is N#C/C(=N/Nc1ccc(F)cc1)S(=O)(=O)c1cccs1. The summed E-state index contributed by atoms with van der Waals surface area (Å²) < 4.78 is 36.9. The molecule has 1 aromatic carbocycles. The predicted octanol–water partition coefficient (Wildman–Crippen LogP) is 2.61. The first-order valence-electron chi connectivity index (χ1n) is 5.32. The Bertz CT molecular complexity index is 760. The fourth-order valence-electron chi connectivity index (χ4n) is 1.30. The summed E-state index contributed by atoms with van der Waals surface area (Å²) in [6.07, 6.45) is 0. The van der Waals surface area contributed by atoms with E-state index in [2.05, 4.69) is 10.5 Å². The van der Waals surface area contributed by atoms with Gasteiger partial charge in [0.15, 0.2) is 0 Å². The van der Waals surface area contributed by atoms with Gasteiger partial charge < -0.3 is 0 Å². The number of anilines is 1. The largest absolute Gasteiger partial charge is 0.277 e. The Morgan fingerprint density at radius 2 is 2.00 bits per heavy atom. The molecule has 8 heteroatoms. The summed E-state index contributed by atoms with van der Waals surface area (Å²) in [7, 11) is -3.92. The van der Waals surface area contributed by atoms with Crippen molar-refractivity contribution >= 4 is 31.9 Å². The molecule has 0 saturated carbocycles. The van der Waals surface area contributed by atoms with Crippen molar-refractivity contribution in [1.82, 2.24) is 0 Å². The van der Waals surface area contributed by atoms with Crippen LogP contribution in [0.1, 0.15) is 0 Å². The molecular formula is C12H8FN3O2S2. The summed E-state index contributed by atoms with van der Waals surface area (Å²) in [5.74, 6) is -0.425. The van der Waals surface area contributed by atoms with Gasteiger partial charge in [-0.15, -0.1) is 11.3 Å². The lowest BCUT2D eigenvalue weighted by Gasteiger charge is -2.01. The highest BCUT2D eigenvalue weighted by Crippen LogP contribution is 2.19. The van der Waals surface area contributed by atoms with Crippen molar-refractivity contribution in [3.05, 3.63) is 47.6 Å². The van der Waals surface area contributed by atoms with Crippen molar-refractivity contribution in [2.24, 2.45) is 5.10 Å². The van der Waals surface area contributed by atoms with E-state index in [9.17, 15) is 12.8 Å². The Morgan fingerprint density at radius 3 is 2.55 bits per heavy atom. The van der Waals surface area contributed by atoms with Crippen LogP contribution in [0.2, 0.25) is 0 Å². The van der Waals surface area contributed by atoms with Crippen molar-refractivity contribution in [3.63, 3.8) is 0 Å². The van der Waals surface area contributed by atoms with Gasteiger partial charge >= 0.3 is 0 Å². The third kappa shape index (κ3) is 3.01. The average molecular weight is 309 g/mol. The summed E-state index contributed by atoms with van der Waals surface area (Å²) in [4.78, 5) is 0. The number of benzene rings is 1. The summed E-state index contributed by atoms with van der Waals surface area (Å²) in [5.41, 5.74) is 2.79. The lowest BCUT2D eigenvalue weighted by atomic mass is 10.3. The molecule has 0 saturated heterocycles. The van der Waals surface area contributed by atoms with Crippen molar-refractivity contribution < 1.29 is 12.8 Å². The van der Waals surface area contributed by atoms with Crippen molar-refractivity contribution in [1.29, 1.82) is 5.26 Å². The van der Waals surface area contributed by atoms with E-state index >= 15 is 0 Å². The second kappa shape index (κ2) is 5.81. The molecule has 1 aromatic heterocycles. The molecule has 0 fully saturated rings. The highest BCUT2D eigenvalue weighted by molar-refractivity contribution is 8.08. The molecule has 0 amide bonds. The molecule has 1 heterocycles. The van der Waals surface area contributed by atoms with Crippen LogP contribution < -0.4 is 5.43 Å². The number of nitrogens with one attached hydrogen (secondary N) is 1. The minimum Gasteiger partial charge on any atom is -0.277 e. The highest BCUT2D eigenvalue weighted by Gasteiger charge is 2.23. The molecule has 5 nitrogen and oxygen atoms in total. The number of rotatable bonds is 3. The van der Waals surface area contributed by atoms with Crippen LogP contribution in [0.4, 0.5) is 10.1 Å². The van der Waals surface area contributed by atoms with Gasteiger partial charge in [-0.1, -0.05) is 6.07 Å². The lowest BCUT2D eigenvalue weighted by Crippen LogP contribution is -2.13. The van der Waals surface area contributed by atoms with Crippen LogP contribution in [0.5, 0.6) is 0 Å². The number of sulfone groups is 1. The second-order valence-electron chi connectivity index (χ2n) is 3.58. The van der Waals surface area contributed by atoms with Crippen LogP contribution in [0.25, 0.3) is 0 Å². The van der Waals surface area contributed by atoms with Gasteiger partial charge in [0, 0.05) is 0 Å². The highest BCUT2D eigenvalue weighted by atomic mass is 32.2. The zero-order chi connectivity index (χ0) is 14.6. The molecule has 0 aliphatic rings.